The highest BCUT2D eigenvalue weighted by Crippen LogP contribution is 2.68. The van der Waals surface area contributed by atoms with E-state index < -0.39 is 6.29 Å². The summed E-state index contributed by atoms with van der Waals surface area (Å²) in [6, 6.07) is 0. The molecule has 9 unspecified atom stereocenters. The second kappa shape index (κ2) is 9.56. The quantitative estimate of drug-likeness (QED) is 0.364. The third-order valence-corrected chi connectivity index (χ3v) is 10.9. The van der Waals surface area contributed by atoms with Crippen LogP contribution in [0.2, 0.25) is 0 Å². The maximum absolute atomic E-state index is 12.3. The van der Waals surface area contributed by atoms with Crippen molar-refractivity contribution in [2.45, 2.75) is 118 Å². The number of rotatable bonds is 7. The van der Waals surface area contributed by atoms with E-state index in [-0.39, 0.29) is 12.1 Å². The van der Waals surface area contributed by atoms with Crippen LogP contribution in [0.25, 0.3) is 0 Å². The third kappa shape index (κ3) is 4.40. The number of hydrogen-bond acceptors (Lipinski definition) is 4. The molecule has 4 rings (SSSR count). The largest absolute Gasteiger partial charge is 0.436 e. The van der Waals surface area contributed by atoms with E-state index in [2.05, 4.69) is 20.8 Å². The van der Waals surface area contributed by atoms with Gasteiger partial charge < -0.3 is 14.6 Å². The number of aliphatic hydroxyl groups excluding tert-OH is 1. The van der Waals surface area contributed by atoms with Crippen molar-refractivity contribution in [2.75, 3.05) is 6.61 Å². The van der Waals surface area contributed by atoms with Gasteiger partial charge in [-0.3, -0.25) is 4.79 Å². The summed E-state index contributed by atoms with van der Waals surface area (Å²) in [7, 11) is 0. The fraction of sp³-hybridized carbons (Fsp3) is 0.964. The number of ether oxygens (including phenoxy) is 2. The molecule has 0 aliphatic heterocycles. The zero-order valence-corrected chi connectivity index (χ0v) is 21.3. The van der Waals surface area contributed by atoms with Crippen LogP contribution >= 0.6 is 0 Å². The highest BCUT2D eigenvalue weighted by atomic mass is 16.7. The normalized spacial score (nSPS) is 45.3. The Morgan fingerprint density at radius 1 is 1.00 bits per heavy atom. The lowest BCUT2D eigenvalue weighted by molar-refractivity contribution is -0.174. The highest BCUT2D eigenvalue weighted by Gasteiger charge is 2.60. The predicted molar refractivity (Wildman–Crippen MR) is 127 cm³/mol. The molecule has 10 atom stereocenters. The first kappa shape index (κ1) is 24.5. The van der Waals surface area contributed by atoms with Crippen LogP contribution in [-0.4, -0.2) is 30.1 Å². The standard InChI is InChI=1S/C28H48O4/c1-6-31-19(3)32-26(30)12-7-18(2)23-10-11-24-22-9-8-20-17-21(29)13-15-27(20,4)25(22)14-16-28(23,24)5/h18-25,29H,6-17H2,1-5H3/t18-,19?,20?,21?,22?,23?,24?,25?,27?,28?/m1/s1. The van der Waals surface area contributed by atoms with Gasteiger partial charge in [-0.1, -0.05) is 20.8 Å². The van der Waals surface area contributed by atoms with Crippen molar-refractivity contribution in [1.29, 1.82) is 0 Å². The Morgan fingerprint density at radius 2 is 1.72 bits per heavy atom. The van der Waals surface area contributed by atoms with Gasteiger partial charge in [-0.05, 0) is 124 Å². The van der Waals surface area contributed by atoms with E-state index >= 15 is 0 Å². The molecule has 4 fully saturated rings. The Hall–Kier alpha value is -0.610. The highest BCUT2D eigenvalue weighted by molar-refractivity contribution is 5.69. The summed E-state index contributed by atoms with van der Waals surface area (Å²) < 4.78 is 10.7. The van der Waals surface area contributed by atoms with Crippen LogP contribution in [0.15, 0.2) is 0 Å². The molecule has 0 saturated heterocycles. The Labute approximate surface area is 196 Å². The van der Waals surface area contributed by atoms with Crippen molar-refractivity contribution in [3.05, 3.63) is 0 Å². The monoisotopic (exact) mass is 448 g/mol. The SMILES string of the molecule is CCOC(C)OC(=O)CC[C@@H](C)C1CCC2C3CCC4CC(O)CCC4(C)C3CCC21C. The number of carbonyl (C=O) groups is 1. The van der Waals surface area contributed by atoms with E-state index in [1.54, 1.807) is 6.92 Å². The first-order valence-corrected chi connectivity index (χ1v) is 13.7. The van der Waals surface area contributed by atoms with Crippen molar-refractivity contribution in [2.24, 2.45) is 46.3 Å². The lowest BCUT2D eigenvalue weighted by Crippen LogP contribution is -2.54. The number of carbonyl (C=O) groups excluding carboxylic acids is 1. The van der Waals surface area contributed by atoms with Crippen LogP contribution in [-0.2, 0) is 14.3 Å². The zero-order valence-electron chi connectivity index (χ0n) is 21.3. The summed E-state index contributed by atoms with van der Waals surface area (Å²) in [6.45, 7) is 11.8. The second-order valence-corrected chi connectivity index (χ2v) is 12.3. The van der Waals surface area contributed by atoms with Gasteiger partial charge in [0, 0.05) is 13.0 Å². The summed E-state index contributed by atoms with van der Waals surface area (Å²) in [5.74, 6) is 4.49. The minimum atomic E-state index is -0.441. The first-order chi connectivity index (χ1) is 15.2. The fourth-order valence-electron chi connectivity index (χ4n) is 9.27. The smallest absolute Gasteiger partial charge is 0.308 e. The van der Waals surface area contributed by atoms with Gasteiger partial charge >= 0.3 is 5.97 Å². The molecule has 4 saturated carbocycles. The third-order valence-electron chi connectivity index (χ3n) is 10.9. The van der Waals surface area contributed by atoms with Crippen molar-refractivity contribution in [3.63, 3.8) is 0 Å². The lowest BCUT2D eigenvalue weighted by atomic mass is 9.44. The molecule has 0 aromatic carbocycles. The van der Waals surface area contributed by atoms with Gasteiger partial charge in [0.15, 0.2) is 6.29 Å². The average molecular weight is 449 g/mol. The minimum absolute atomic E-state index is 0.0570. The van der Waals surface area contributed by atoms with Crippen molar-refractivity contribution >= 4 is 5.97 Å². The molecular formula is C28H48O4. The predicted octanol–water partition coefficient (Wildman–Crippen LogP) is 6.35. The Bertz CT molecular complexity index is 664. The van der Waals surface area contributed by atoms with E-state index in [1.807, 2.05) is 6.92 Å². The van der Waals surface area contributed by atoms with Crippen LogP contribution in [0.4, 0.5) is 0 Å². The molecule has 0 heterocycles. The van der Waals surface area contributed by atoms with Gasteiger partial charge in [0.1, 0.15) is 0 Å². The summed E-state index contributed by atoms with van der Waals surface area (Å²) >= 11 is 0. The summed E-state index contributed by atoms with van der Waals surface area (Å²) in [5.41, 5.74) is 0.884. The van der Waals surface area contributed by atoms with Gasteiger partial charge in [-0.2, -0.15) is 0 Å². The molecule has 4 aliphatic carbocycles. The summed E-state index contributed by atoms with van der Waals surface area (Å²) in [4.78, 5) is 12.3. The molecule has 4 nitrogen and oxygen atoms in total. The minimum Gasteiger partial charge on any atom is -0.436 e. The van der Waals surface area contributed by atoms with Crippen molar-refractivity contribution in [1.82, 2.24) is 0 Å². The van der Waals surface area contributed by atoms with Crippen LogP contribution < -0.4 is 0 Å². The molecule has 4 aliphatic rings. The molecule has 0 aromatic heterocycles. The van der Waals surface area contributed by atoms with E-state index in [9.17, 15) is 9.90 Å². The van der Waals surface area contributed by atoms with Crippen LogP contribution in [0.1, 0.15) is 105 Å². The van der Waals surface area contributed by atoms with E-state index in [1.165, 1.54) is 44.9 Å². The zero-order chi connectivity index (χ0) is 23.1. The van der Waals surface area contributed by atoms with Crippen LogP contribution in [0.3, 0.4) is 0 Å². The van der Waals surface area contributed by atoms with Gasteiger partial charge in [0.25, 0.3) is 0 Å². The molecule has 0 amide bonds. The second-order valence-electron chi connectivity index (χ2n) is 12.3. The number of aliphatic hydroxyl groups is 1. The van der Waals surface area contributed by atoms with E-state index in [0.717, 1.165) is 48.9 Å². The maximum atomic E-state index is 12.3. The Morgan fingerprint density at radius 3 is 2.47 bits per heavy atom. The van der Waals surface area contributed by atoms with Crippen LogP contribution in [0.5, 0.6) is 0 Å². The van der Waals surface area contributed by atoms with Gasteiger partial charge in [0.05, 0.1) is 6.10 Å². The lowest BCUT2D eigenvalue weighted by Gasteiger charge is -2.61. The molecule has 1 N–H and O–H groups in total. The number of hydrogen-bond donors (Lipinski definition) is 1. The van der Waals surface area contributed by atoms with E-state index in [4.69, 9.17) is 9.47 Å². The Kier molecular flexibility index (Phi) is 7.33. The first-order valence-electron chi connectivity index (χ1n) is 13.7. The summed E-state index contributed by atoms with van der Waals surface area (Å²) in [5, 5.41) is 10.3. The molecule has 0 bridgehead atoms. The fourth-order valence-corrected chi connectivity index (χ4v) is 9.27. The van der Waals surface area contributed by atoms with Crippen molar-refractivity contribution < 1.29 is 19.4 Å². The molecule has 0 spiro atoms. The number of esters is 1. The van der Waals surface area contributed by atoms with Gasteiger partial charge in [-0.15, -0.1) is 0 Å². The molecule has 0 aromatic rings. The molecule has 32 heavy (non-hydrogen) atoms. The topological polar surface area (TPSA) is 55.8 Å². The number of fused-ring (bicyclic) bond motifs is 5. The van der Waals surface area contributed by atoms with E-state index in [0.29, 0.717) is 29.8 Å². The van der Waals surface area contributed by atoms with Crippen LogP contribution in [0, 0.1) is 46.3 Å². The van der Waals surface area contributed by atoms with Gasteiger partial charge in [0.2, 0.25) is 0 Å². The summed E-state index contributed by atoms with van der Waals surface area (Å²) in [6.07, 6.45) is 12.3. The molecule has 4 heteroatoms. The Balaban J connectivity index is 1.38. The molecule has 0 radical (unpaired) electrons. The van der Waals surface area contributed by atoms with Crippen molar-refractivity contribution in [3.8, 4) is 0 Å². The van der Waals surface area contributed by atoms with Gasteiger partial charge in [-0.25, -0.2) is 0 Å². The maximum Gasteiger partial charge on any atom is 0.308 e. The molecular weight excluding hydrogens is 400 g/mol. The average Bonchev–Trinajstić information content (AvgIpc) is 3.10. The molecule has 184 valence electrons.